The van der Waals surface area contributed by atoms with Gasteiger partial charge in [-0.3, -0.25) is 0 Å². The average molecular weight is 274 g/mol. The number of benzene rings is 1. The number of nitrogens with two attached hydrogens (primary N) is 1. The first kappa shape index (κ1) is 11.1. The lowest BCUT2D eigenvalue weighted by atomic mass is 10.3. The van der Waals surface area contributed by atoms with Crippen molar-refractivity contribution < 1.29 is 22.3 Å². The van der Waals surface area contributed by atoms with Crippen LogP contribution in [0.1, 0.15) is 0 Å². The lowest BCUT2D eigenvalue weighted by Gasteiger charge is -2.10. The molecule has 0 saturated heterocycles. The molecule has 2 N–H and O–H groups in total. The van der Waals surface area contributed by atoms with E-state index in [9.17, 15) is 17.6 Å². The highest BCUT2D eigenvalue weighted by Gasteiger charge is 2.31. The van der Waals surface area contributed by atoms with Gasteiger partial charge in [-0.25, -0.2) is 4.39 Å². The minimum absolute atomic E-state index is 0.0907. The Bertz CT molecular complexity index is 329. The van der Waals surface area contributed by atoms with E-state index in [1.54, 1.807) is 0 Å². The first-order valence-corrected chi connectivity index (χ1v) is 4.09. The second kappa shape index (κ2) is 3.64. The summed E-state index contributed by atoms with van der Waals surface area (Å²) < 4.78 is 51.4. The van der Waals surface area contributed by atoms with Crippen molar-refractivity contribution in [1.82, 2.24) is 0 Å². The van der Waals surface area contributed by atoms with Gasteiger partial charge in [0, 0.05) is 12.1 Å². The van der Waals surface area contributed by atoms with Crippen LogP contribution in [-0.4, -0.2) is 6.36 Å². The highest BCUT2D eigenvalue weighted by Crippen LogP contribution is 2.31. The molecule has 0 spiro atoms. The maximum absolute atomic E-state index is 12.8. The number of hydrogen-bond donors (Lipinski definition) is 1. The van der Waals surface area contributed by atoms with Crippen LogP contribution < -0.4 is 10.5 Å². The normalized spacial score (nSPS) is 11.5. The molecule has 0 amide bonds. The molecule has 0 aliphatic heterocycles. The largest absolute Gasteiger partial charge is 0.573 e. The fourth-order valence-corrected chi connectivity index (χ4v) is 1.01. The third-order valence-corrected chi connectivity index (χ3v) is 2.10. The van der Waals surface area contributed by atoms with Crippen molar-refractivity contribution in [3.63, 3.8) is 0 Å². The van der Waals surface area contributed by atoms with E-state index in [2.05, 4.69) is 20.7 Å². The Kier molecular flexibility index (Phi) is 2.89. The lowest BCUT2D eigenvalue weighted by molar-refractivity contribution is -0.274. The molecule has 0 radical (unpaired) electrons. The number of alkyl halides is 3. The molecule has 0 atom stereocenters. The van der Waals surface area contributed by atoms with Gasteiger partial charge in [0.15, 0.2) is 0 Å². The van der Waals surface area contributed by atoms with Crippen molar-refractivity contribution in [3.05, 3.63) is 22.4 Å². The van der Waals surface area contributed by atoms with E-state index in [0.29, 0.717) is 6.07 Å². The Morgan fingerprint density at radius 3 is 2.29 bits per heavy atom. The summed E-state index contributed by atoms with van der Waals surface area (Å²) in [6.45, 7) is 0. The van der Waals surface area contributed by atoms with Gasteiger partial charge >= 0.3 is 6.36 Å². The van der Waals surface area contributed by atoms with E-state index >= 15 is 0 Å². The SMILES string of the molecule is Nc1cc(OC(F)(F)F)cc(F)c1Br. The van der Waals surface area contributed by atoms with Crippen LogP contribution in [0.3, 0.4) is 0 Å². The quantitative estimate of drug-likeness (QED) is 0.631. The molecule has 78 valence electrons. The molecule has 1 aromatic carbocycles. The highest BCUT2D eigenvalue weighted by molar-refractivity contribution is 9.10. The van der Waals surface area contributed by atoms with Gasteiger partial charge in [0.05, 0.1) is 10.2 Å². The van der Waals surface area contributed by atoms with Crippen molar-refractivity contribution in [3.8, 4) is 5.75 Å². The van der Waals surface area contributed by atoms with Crippen LogP contribution >= 0.6 is 15.9 Å². The van der Waals surface area contributed by atoms with E-state index < -0.39 is 17.9 Å². The van der Waals surface area contributed by atoms with Gasteiger partial charge in [-0.2, -0.15) is 0 Å². The first-order valence-electron chi connectivity index (χ1n) is 3.30. The van der Waals surface area contributed by atoms with Gasteiger partial charge in [-0.1, -0.05) is 0 Å². The summed E-state index contributed by atoms with van der Waals surface area (Å²) in [4.78, 5) is 0. The lowest BCUT2D eigenvalue weighted by Crippen LogP contribution is -2.17. The smallest absolute Gasteiger partial charge is 0.406 e. The third kappa shape index (κ3) is 2.76. The number of hydrogen-bond acceptors (Lipinski definition) is 2. The summed E-state index contributed by atoms with van der Waals surface area (Å²) in [7, 11) is 0. The zero-order valence-corrected chi connectivity index (χ0v) is 8.12. The number of anilines is 1. The predicted molar refractivity (Wildman–Crippen MR) is 45.2 cm³/mol. The maximum atomic E-state index is 12.8. The van der Waals surface area contributed by atoms with Gasteiger partial charge in [0.25, 0.3) is 0 Å². The third-order valence-electron chi connectivity index (χ3n) is 1.26. The second-order valence-corrected chi connectivity index (χ2v) is 3.15. The molecule has 0 bridgehead atoms. The molecule has 0 aliphatic rings. The Labute approximate surface area is 84.8 Å². The summed E-state index contributed by atoms with van der Waals surface area (Å²) in [5.74, 6) is -1.60. The van der Waals surface area contributed by atoms with Gasteiger partial charge in [-0.15, -0.1) is 13.2 Å². The Hall–Kier alpha value is -0.980. The minimum atomic E-state index is -4.85. The standard InChI is InChI=1S/C7H4BrF4NO/c8-6-4(9)1-3(2-5(6)13)14-7(10,11)12/h1-2H,13H2. The van der Waals surface area contributed by atoms with Crippen LogP contribution in [-0.2, 0) is 0 Å². The fourth-order valence-electron chi connectivity index (χ4n) is 0.777. The van der Waals surface area contributed by atoms with Crippen molar-refractivity contribution in [1.29, 1.82) is 0 Å². The molecular formula is C7H4BrF4NO. The van der Waals surface area contributed by atoms with Crippen LogP contribution in [0, 0.1) is 5.82 Å². The van der Waals surface area contributed by atoms with Crippen LogP contribution in [0.4, 0.5) is 23.2 Å². The Balaban J connectivity index is 3.02. The van der Waals surface area contributed by atoms with Crippen LogP contribution in [0.25, 0.3) is 0 Å². The summed E-state index contributed by atoms with van der Waals surface area (Å²) in [6, 6.07) is 1.47. The number of rotatable bonds is 1. The van der Waals surface area contributed by atoms with Crippen LogP contribution in [0.2, 0.25) is 0 Å². The predicted octanol–water partition coefficient (Wildman–Crippen LogP) is 3.07. The summed E-state index contributed by atoms with van der Waals surface area (Å²) in [5, 5.41) is 0. The van der Waals surface area contributed by atoms with Gasteiger partial charge in [0.2, 0.25) is 0 Å². The van der Waals surface area contributed by atoms with E-state index in [1.807, 2.05) is 0 Å². The molecular weight excluding hydrogens is 270 g/mol. The zero-order valence-electron chi connectivity index (χ0n) is 6.53. The molecule has 2 nitrogen and oxygen atoms in total. The van der Waals surface area contributed by atoms with Crippen molar-refractivity contribution in [2.75, 3.05) is 5.73 Å². The number of nitrogen functional groups attached to an aromatic ring is 1. The molecule has 1 rings (SSSR count). The van der Waals surface area contributed by atoms with Gasteiger partial charge in [-0.05, 0) is 15.9 Å². The molecule has 0 saturated carbocycles. The van der Waals surface area contributed by atoms with E-state index in [-0.39, 0.29) is 10.2 Å². The molecule has 1 aromatic rings. The van der Waals surface area contributed by atoms with Crippen molar-refractivity contribution >= 4 is 21.6 Å². The molecule has 0 heterocycles. The summed E-state index contributed by atoms with van der Waals surface area (Å²) in [5.41, 5.74) is 5.04. The highest BCUT2D eigenvalue weighted by atomic mass is 79.9. The Morgan fingerprint density at radius 2 is 1.86 bits per heavy atom. The van der Waals surface area contributed by atoms with E-state index in [4.69, 9.17) is 5.73 Å². The molecule has 0 unspecified atom stereocenters. The zero-order chi connectivity index (χ0) is 10.9. The number of halogens is 5. The molecule has 0 aliphatic carbocycles. The molecule has 7 heteroatoms. The second-order valence-electron chi connectivity index (χ2n) is 2.36. The van der Waals surface area contributed by atoms with Crippen LogP contribution in [0.15, 0.2) is 16.6 Å². The fraction of sp³-hybridized carbons (Fsp3) is 0.143. The molecule has 0 fully saturated rings. The van der Waals surface area contributed by atoms with Gasteiger partial charge < -0.3 is 10.5 Å². The molecule has 14 heavy (non-hydrogen) atoms. The maximum Gasteiger partial charge on any atom is 0.573 e. The van der Waals surface area contributed by atoms with Crippen LogP contribution in [0.5, 0.6) is 5.75 Å². The first-order chi connectivity index (χ1) is 6.29. The Morgan fingerprint density at radius 1 is 1.29 bits per heavy atom. The summed E-state index contributed by atoms with van der Waals surface area (Å²) in [6.07, 6.45) is -4.85. The van der Waals surface area contributed by atoms with Crippen molar-refractivity contribution in [2.45, 2.75) is 6.36 Å². The number of ether oxygens (including phenoxy) is 1. The molecule has 0 aromatic heterocycles. The minimum Gasteiger partial charge on any atom is -0.406 e. The monoisotopic (exact) mass is 273 g/mol. The van der Waals surface area contributed by atoms with E-state index in [0.717, 1.165) is 6.07 Å². The van der Waals surface area contributed by atoms with E-state index in [1.165, 1.54) is 0 Å². The topological polar surface area (TPSA) is 35.2 Å². The van der Waals surface area contributed by atoms with Gasteiger partial charge in [0.1, 0.15) is 11.6 Å². The summed E-state index contributed by atoms with van der Waals surface area (Å²) >= 11 is 2.76. The van der Waals surface area contributed by atoms with Crippen molar-refractivity contribution in [2.24, 2.45) is 0 Å². The average Bonchev–Trinajstić information content (AvgIpc) is 1.96.